The Morgan fingerprint density at radius 1 is 0.457 bits per heavy atom. The second-order valence-electron chi connectivity index (χ2n) is 25.0. The van der Waals surface area contributed by atoms with Crippen molar-refractivity contribution in [1.82, 2.24) is 0 Å². The molecule has 6 aromatic rings. The molecule has 21 nitrogen and oxygen atoms in total. The zero-order valence-corrected chi connectivity index (χ0v) is 55.1. The van der Waals surface area contributed by atoms with Crippen LogP contribution in [0.1, 0.15) is 166 Å². The van der Waals surface area contributed by atoms with Crippen LogP contribution in [0.3, 0.4) is 0 Å². The highest BCUT2D eigenvalue weighted by molar-refractivity contribution is 5.90. The number of fused-ring (bicyclic) bond motifs is 9. The summed E-state index contributed by atoms with van der Waals surface area (Å²) >= 11 is 0. The van der Waals surface area contributed by atoms with Gasteiger partial charge in [0.15, 0.2) is 36.6 Å². The van der Waals surface area contributed by atoms with Crippen molar-refractivity contribution in [3.05, 3.63) is 167 Å². The molecule has 3 aromatic carbocycles. The first-order chi connectivity index (χ1) is 43.1. The van der Waals surface area contributed by atoms with Gasteiger partial charge >= 0.3 is 52.7 Å². The number of rotatable bonds is 16. The summed E-state index contributed by atoms with van der Waals surface area (Å²) in [5, 5.41) is 2.00. The SMILES string of the molecule is C/C=C(/C)C(=O)OC(C)(C)[C@H]1Oc2ccc3ccc(=O)oc3c2C1OC(=O)C(C)C.C/C=C(/C)C(=O)OC(C)(C)[C@H]1Oc2ccc3ccc(=O)oc3c2[C@H]1OC(=O)C(C)CC.CC(C)=CC(=O)OC1c2c(ccc3ccc(=O)oc23)O[C@@H]1C(C)(C)OC(=O)C=C(C)C. The highest BCUT2D eigenvalue weighted by atomic mass is 16.6. The van der Waals surface area contributed by atoms with E-state index < -0.39 is 106 Å². The Morgan fingerprint density at radius 3 is 1.10 bits per heavy atom. The van der Waals surface area contributed by atoms with Crippen LogP contribution in [0.4, 0.5) is 0 Å². The molecule has 3 aliphatic heterocycles. The van der Waals surface area contributed by atoms with Crippen molar-refractivity contribution < 1.29 is 84.7 Å². The molecule has 0 radical (unpaired) electrons. The zero-order chi connectivity index (χ0) is 68.1. The fraction of sp³-hybridized carbons (Fsp3) is 0.423. The molecule has 0 fully saturated rings. The van der Waals surface area contributed by atoms with Crippen molar-refractivity contribution in [1.29, 1.82) is 0 Å². The molecule has 21 heteroatoms. The van der Waals surface area contributed by atoms with Crippen LogP contribution in [0, 0.1) is 11.8 Å². The van der Waals surface area contributed by atoms with E-state index in [0.717, 1.165) is 11.1 Å². The topological polar surface area (TPSA) is 276 Å². The number of esters is 6. The molecule has 490 valence electrons. The molecule has 6 heterocycles. The van der Waals surface area contributed by atoms with Gasteiger partial charge in [-0.25, -0.2) is 33.6 Å². The van der Waals surface area contributed by atoms with E-state index in [1.54, 1.807) is 184 Å². The summed E-state index contributed by atoms with van der Waals surface area (Å²) in [5.74, 6) is -2.43. The molecule has 0 N–H and O–H groups in total. The second-order valence-corrected chi connectivity index (χ2v) is 25.0. The van der Waals surface area contributed by atoms with Gasteiger partial charge in [0, 0.05) is 57.7 Å². The van der Waals surface area contributed by atoms with Gasteiger partial charge in [0.2, 0.25) is 0 Å². The number of benzene rings is 3. The van der Waals surface area contributed by atoms with Crippen LogP contribution in [0.25, 0.3) is 32.9 Å². The highest BCUT2D eigenvalue weighted by Gasteiger charge is 2.53. The van der Waals surface area contributed by atoms with E-state index in [4.69, 9.17) is 55.9 Å². The smallest absolute Gasteiger partial charge is 0.336 e. The third-order valence-corrected chi connectivity index (χ3v) is 15.5. The first-order valence-electron chi connectivity index (χ1n) is 30.2. The van der Waals surface area contributed by atoms with E-state index in [1.807, 2.05) is 6.92 Å². The van der Waals surface area contributed by atoms with Crippen molar-refractivity contribution in [3.63, 3.8) is 0 Å². The fourth-order valence-corrected chi connectivity index (χ4v) is 10.1. The summed E-state index contributed by atoms with van der Waals surface area (Å²) in [7, 11) is 0. The Kier molecular flexibility index (Phi) is 21.5. The number of allylic oxidation sites excluding steroid dienone is 4. The molecule has 0 bridgehead atoms. The van der Waals surface area contributed by atoms with E-state index in [2.05, 4.69) is 0 Å². The number of hydrogen-bond donors (Lipinski definition) is 0. The Balaban J connectivity index is 0.000000196. The molecule has 92 heavy (non-hydrogen) atoms. The largest absolute Gasteiger partial charge is 0.481 e. The minimum Gasteiger partial charge on any atom is -0.481 e. The van der Waals surface area contributed by atoms with Crippen molar-refractivity contribution in [2.75, 3.05) is 0 Å². The Morgan fingerprint density at radius 2 is 0.772 bits per heavy atom. The number of ether oxygens (including phenoxy) is 9. The molecule has 3 unspecified atom stereocenters. The van der Waals surface area contributed by atoms with Gasteiger partial charge in [0.25, 0.3) is 0 Å². The first-order valence-corrected chi connectivity index (χ1v) is 30.2. The third kappa shape index (κ3) is 15.8. The standard InChI is InChI=1S/C24H26O7.C24H28O7.C23H26O7/c1-13(2)11-18(26)30-22-20-16(9-7-15-8-10-17(25)29-21(15)20)28-23(22)24(5,6)31-19(27)12-14(3)4;1-7-13(3)22(26)30-20-18-16(11-9-15-10-12-17(25)29-19(15)18)28-21(20)24(5,6)31-23(27)14(4)8-2;1-7-13(4)22(26)30-23(5,6)20-19(29-21(25)12(2)3)17-15(27-20)10-8-14-9-11-16(24)28-18(14)17/h7-12,22-23H,1-6H3;8-13,20-21H,7H2,1-6H3;7-12,19-20H,1-6H3/b;14-8-;13-7-/t22?,23-;13?,20-,21+;19?,20-/m010/s1. The van der Waals surface area contributed by atoms with Gasteiger partial charge in [-0.2, -0.15) is 0 Å². The second kappa shape index (κ2) is 28.3. The van der Waals surface area contributed by atoms with Gasteiger partial charge in [-0.05, 0) is 158 Å². The van der Waals surface area contributed by atoms with E-state index in [9.17, 15) is 43.2 Å². The molecule has 0 spiro atoms. The maximum Gasteiger partial charge on any atom is 0.336 e. The van der Waals surface area contributed by atoms with Gasteiger partial charge in [-0.15, -0.1) is 0 Å². The summed E-state index contributed by atoms with van der Waals surface area (Å²) in [5.41, 5.74) is -0.395. The minimum absolute atomic E-state index is 0.272. The first kappa shape index (κ1) is 69.9. The number of carbonyl (C=O) groups excluding carboxylic acids is 6. The lowest BCUT2D eigenvalue weighted by molar-refractivity contribution is -0.177. The fourth-order valence-electron chi connectivity index (χ4n) is 10.1. The molecule has 0 aliphatic carbocycles. The molecule has 0 amide bonds. The van der Waals surface area contributed by atoms with Crippen LogP contribution in [-0.2, 0) is 57.2 Å². The van der Waals surface area contributed by atoms with E-state index in [0.29, 0.717) is 73.2 Å². The molecule has 9 rings (SSSR count). The van der Waals surface area contributed by atoms with E-state index in [-0.39, 0.29) is 23.0 Å². The maximum atomic E-state index is 12.7. The summed E-state index contributed by atoms with van der Waals surface area (Å²) in [6.07, 6.45) is 1.34. The van der Waals surface area contributed by atoms with Gasteiger partial charge in [-0.3, -0.25) is 9.59 Å². The number of hydrogen-bond acceptors (Lipinski definition) is 21. The zero-order valence-electron chi connectivity index (χ0n) is 55.1. The van der Waals surface area contributed by atoms with Crippen molar-refractivity contribution in [3.8, 4) is 17.2 Å². The van der Waals surface area contributed by atoms with Crippen molar-refractivity contribution in [2.24, 2.45) is 11.8 Å². The molecule has 3 aromatic heterocycles. The minimum atomic E-state index is -1.17. The van der Waals surface area contributed by atoms with Gasteiger partial charge < -0.3 is 55.9 Å². The Hall–Kier alpha value is -9.53. The normalized spacial score (nSPS) is 18.6. The van der Waals surface area contributed by atoms with Crippen LogP contribution >= 0.6 is 0 Å². The number of carbonyl (C=O) groups is 6. The van der Waals surface area contributed by atoms with Gasteiger partial charge in [0.1, 0.15) is 50.8 Å². The van der Waals surface area contributed by atoms with Crippen LogP contribution in [-0.4, -0.2) is 70.9 Å². The molecule has 0 saturated heterocycles. The Labute approximate surface area is 532 Å². The predicted octanol–water partition coefficient (Wildman–Crippen LogP) is 12.9. The lowest BCUT2D eigenvalue weighted by Crippen LogP contribution is -2.47. The lowest BCUT2D eigenvalue weighted by Gasteiger charge is -2.34. The van der Waals surface area contributed by atoms with Crippen molar-refractivity contribution in [2.45, 2.75) is 184 Å². The average molecular weight is 1270 g/mol. The Bertz CT molecular complexity index is 4150. The molecule has 0 saturated carbocycles. The van der Waals surface area contributed by atoms with E-state index in [1.165, 1.54) is 30.4 Å². The summed E-state index contributed by atoms with van der Waals surface area (Å²) in [4.78, 5) is 110. The summed E-state index contributed by atoms with van der Waals surface area (Å²) in [6.45, 7) is 31.2. The highest BCUT2D eigenvalue weighted by Crippen LogP contribution is 2.50. The van der Waals surface area contributed by atoms with Gasteiger partial charge in [0.05, 0.1) is 28.5 Å². The molecular formula is C71H80O21. The monoisotopic (exact) mass is 1270 g/mol. The maximum absolute atomic E-state index is 12.7. The quantitative estimate of drug-likeness (QED) is 0.0377. The third-order valence-electron chi connectivity index (χ3n) is 15.5. The lowest BCUT2D eigenvalue weighted by atomic mass is 9.92. The molecule has 7 atom stereocenters. The average Bonchev–Trinajstić information content (AvgIpc) is 1.60. The molecule has 3 aliphatic rings. The summed E-state index contributed by atoms with van der Waals surface area (Å²) in [6, 6.07) is 19.3. The van der Waals surface area contributed by atoms with Crippen LogP contribution in [0.5, 0.6) is 17.2 Å². The predicted molar refractivity (Wildman–Crippen MR) is 340 cm³/mol. The van der Waals surface area contributed by atoms with Crippen LogP contribution < -0.4 is 31.1 Å². The van der Waals surface area contributed by atoms with E-state index >= 15 is 0 Å². The molecular weight excluding hydrogens is 1190 g/mol. The van der Waals surface area contributed by atoms with Crippen molar-refractivity contribution >= 4 is 68.7 Å². The van der Waals surface area contributed by atoms with Crippen LogP contribution in [0.2, 0.25) is 0 Å². The van der Waals surface area contributed by atoms with Gasteiger partial charge in [-0.1, -0.05) is 51.0 Å². The van der Waals surface area contributed by atoms with Crippen LogP contribution in [0.15, 0.2) is 147 Å². The summed E-state index contributed by atoms with van der Waals surface area (Å²) < 4.78 is 69.1.